The molecule has 1 saturated carbocycles. The normalized spacial score (nSPS) is 20.9. The summed E-state index contributed by atoms with van der Waals surface area (Å²) in [6.07, 6.45) is 7.78. The highest BCUT2D eigenvalue weighted by Crippen LogP contribution is 2.46. The minimum atomic E-state index is -0.298. The van der Waals surface area contributed by atoms with E-state index in [2.05, 4.69) is 15.0 Å². The summed E-state index contributed by atoms with van der Waals surface area (Å²) in [5.41, 5.74) is 2.37. The van der Waals surface area contributed by atoms with Crippen LogP contribution in [0.4, 0.5) is 10.2 Å². The molecule has 0 bridgehead atoms. The second kappa shape index (κ2) is 6.11. The van der Waals surface area contributed by atoms with Gasteiger partial charge >= 0.3 is 0 Å². The zero-order valence-electron chi connectivity index (χ0n) is 15.6. The predicted molar refractivity (Wildman–Crippen MR) is 99.6 cm³/mol. The fraction of sp³-hybridized carbons (Fsp3) is 0.600. The highest BCUT2D eigenvalue weighted by molar-refractivity contribution is 5.44. The summed E-state index contributed by atoms with van der Waals surface area (Å²) in [5.74, 6) is 1.42. The van der Waals surface area contributed by atoms with Gasteiger partial charge in [-0.25, -0.2) is 19.3 Å². The molecule has 3 aliphatic rings. The lowest BCUT2D eigenvalue weighted by molar-refractivity contribution is 0.319. The van der Waals surface area contributed by atoms with Gasteiger partial charge in [0.2, 0.25) is 0 Å². The Morgan fingerprint density at radius 3 is 2.74 bits per heavy atom. The molecule has 0 atom stereocenters. The Balaban J connectivity index is 1.43. The van der Waals surface area contributed by atoms with E-state index in [1.807, 2.05) is 11.8 Å². The van der Waals surface area contributed by atoms with Crippen LogP contribution in [0.2, 0.25) is 0 Å². The van der Waals surface area contributed by atoms with E-state index in [-0.39, 0.29) is 16.8 Å². The third-order valence-electron chi connectivity index (χ3n) is 6.55. The summed E-state index contributed by atoms with van der Waals surface area (Å²) in [4.78, 5) is 30.7. The minimum absolute atomic E-state index is 0.0408. The lowest BCUT2D eigenvalue weighted by atomic mass is 9.76. The van der Waals surface area contributed by atoms with Crippen molar-refractivity contribution in [3.8, 4) is 0 Å². The molecule has 1 spiro atoms. The standard InChI is InChI=1S/C20H24FN5O/c1-2-14-15(21)18(23-11-22-14)26-9-7-20(8-10-26)6-5-13-16(20)24-17(12-3-4-12)25-19(13)27/h11-12H,2-10H2,1H3,(H,24,25,27). The van der Waals surface area contributed by atoms with Crippen LogP contribution in [0, 0.1) is 5.82 Å². The van der Waals surface area contributed by atoms with Crippen LogP contribution in [0.5, 0.6) is 0 Å². The molecule has 142 valence electrons. The first-order chi connectivity index (χ1) is 13.1. The molecule has 2 aliphatic carbocycles. The molecule has 1 N–H and O–H groups in total. The van der Waals surface area contributed by atoms with Gasteiger partial charge in [-0.05, 0) is 44.9 Å². The predicted octanol–water partition coefficient (Wildman–Crippen LogP) is 2.62. The van der Waals surface area contributed by atoms with Crippen molar-refractivity contribution in [1.82, 2.24) is 19.9 Å². The number of rotatable bonds is 3. The number of hydrogen-bond acceptors (Lipinski definition) is 5. The average Bonchev–Trinajstić information content (AvgIpc) is 3.47. The van der Waals surface area contributed by atoms with Crippen LogP contribution in [0.1, 0.15) is 67.7 Å². The number of H-pyrrole nitrogens is 1. The molecule has 2 aromatic heterocycles. The van der Waals surface area contributed by atoms with Crippen molar-refractivity contribution in [1.29, 1.82) is 0 Å². The van der Waals surface area contributed by atoms with Gasteiger partial charge in [0.05, 0.1) is 11.4 Å². The van der Waals surface area contributed by atoms with Crippen LogP contribution in [-0.4, -0.2) is 33.0 Å². The highest BCUT2D eigenvalue weighted by Gasteiger charge is 2.45. The molecule has 27 heavy (non-hydrogen) atoms. The van der Waals surface area contributed by atoms with Crippen LogP contribution in [0.25, 0.3) is 0 Å². The van der Waals surface area contributed by atoms with Gasteiger partial charge in [-0.2, -0.15) is 0 Å². The fourth-order valence-electron chi connectivity index (χ4n) is 4.71. The number of fused-ring (bicyclic) bond motifs is 2. The maximum absolute atomic E-state index is 14.6. The Kier molecular flexibility index (Phi) is 3.81. The van der Waals surface area contributed by atoms with Crippen molar-refractivity contribution in [2.45, 2.75) is 63.2 Å². The van der Waals surface area contributed by atoms with Crippen molar-refractivity contribution >= 4 is 5.82 Å². The molecular formula is C20H24FN5O. The third kappa shape index (κ3) is 2.66. The Hall–Kier alpha value is -2.31. The number of aryl methyl sites for hydroxylation is 1. The van der Waals surface area contributed by atoms with Crippen LogP contribution in [-0.2, 0) is 18.3 Å². The van der Waals surface area contributed by atoms with E-state index in [0.29, 0.717) is 23.9 Å². The second-order valence-corrected chi connectivity index (χ2v) is 8.13. The van der Waals surface area contributed by atoms with Gasteiger partial charge in [0.15, 0.2) is 11.6 Å². The van der Waals surface area contributed by atoms with E-state index in [9.17, 15) is 9.18 Å². The van der Waals surface area contributed by atoms with Crippen molar-refractivity contribution in [3.05, 3.63) is 45.3 Å². The molecule has 0 amide bonds. The Bertz CT molecular complexity index is 944. The van der Waals surface area contributed by atoms with Gasteiger partial charge in [-0.15, -0.1) is 0 Å². The molecule has 2 aromatic rings. The number of anilines is 1. The molecule has 0 unspecified atom stereocenters. The molecule has 6 nitrogen and oxygen atoms in total. The van der Waals surface area contributed by atoms with Crippen molar-refractivity contribution < 1.29 is 4.39 Å². The van der Waals surface area contributed by atoms with Gasteiger partial charge in [-0.3, -0.25) is 4.79 Å². The Morgan fingerprint density at radius 1 is 1.26 bits per heavy atom. The number of nitrogens with one attached hydrogen (secondary N) is 1. The number of hydrogen-bond donors (Lipinski definition) is 1. The lowest BCUT2D eigenvalue weighted by Gasteiger charge is -2.40. The monoisotopic (exact) mass is 369 g/mol. The summed E-state index contributed by atoms with van der Waals surface area (Å²) in [6, 6.07) is 0. The average molecular weight is 369 g/mol. The molecule has 3 heterocycles. The summed E-state index contributed by atoms with van der Waals surface area (Å²) in [6.45, 7) is 3.35. The van der Waals surface area contributed by atoms with Gasteiger partial charge in [0.1, 0.15) is 12.2 Å². The molecule has 7 heteroatoms. The third-order valence-corrected chi connectivity index (χ3v) is 6.55. The number of aromatic nitrogens is 4. The molecular weight excluding hydrogens is 345 g/mol. The summed E-state index contributed by atoms with van der Waals surface area (Å²) >= 11 is 0. The SMILES string of the molecule is CCc1ncnc(N2CCC3(CCc4c3nc(C3CC3)[nH]c4=O)CC2)c1F. The number of aromatic amines is 1. The highest BCUT2D eigenvalue weighted by atomic mass is 19.1. The number of nitrogens with zero attached hydrogens (tertiary/aromatic N) is 4. The largest absolute Gasteiger partial charge is 0.354 e. The number of halogens is 1. The van der Waals surface area contributed by atoms with E-state index in [1.54, 1.807) is 0 Å². The van der Waals surface area contributed by atoms with E-state index < -0.39 is 0 Å². The van der Waals surface area contributed by atoms with Crippen LogP contribution in [0.15, 0.2) is 11.1 Å². The van der Waals surface area contributed by atoms with E-state index in [1.165, 1.54) is 6.33 Å². The van der Waals surface area contributed by atoms with Gasteiger partial charge in [0, 0.05) is 30.0 Å². The van der Waals surface area contributed by atoms with Gasteiger partial charge < -0.3 is 9.88 Å². The first-order valence-electron chi connectivity index (χ1n) is 9.99. The van der Waals surface area contributed by atoms with Crippen LogP contribution < -0.4 is 10.5 Å². The quantitative estimate of drug-likeness (QED) is 0.900. The second-order valence-electron chi connectivity index (χ2n) is 8.13. The van der Waals surface area contributed by atoms with Crippen LogP contribution >= 0.6 is 0 Å². The summed E-state index contributed by atoms with van der Waals surface area (Å²) in [5, 5.41) is 0. The lowest BCUT2D eigenvalue weighted by Crippen LogP contribution is -2.43. The fourth-order valence-corrected chi connectivity index (χ4v) is 4.71. The van der Waals surface area contributed by atoms with E-state index in [0.717, 1.165) is 68.7 Å². The smallest absolute Gasteiger partial charge is 0.254 e. The maximum Gasteiger partial charge on any atom is 0.254 e. The summed E-state index contributed by atoms with van der Waals surface area (Å²) < 4.78 is 14.6. The minimum Gasteiger partial charge on any atom is -0.354 e. The topological polar surface area (TPSA) is 74.8 Å². The van der Waals surface area contributed by atoms with Crippen molar-refractivity contribution in [2.75, 3.05) is 18.0 Å². The Labute approximate surface area is 157 Å². The Morgan fingerprint density at radius 2 is 2.04 bits per heavy atom. The van der Waals surface area contributed by atoms with E-state index >= 15 is 0 Å². The van der Waals surface area contributed by atoms with E-state index in [4.69, 9.17) is 4.98 Å². The zero-order valence-corrected chi connectivity index (χ0v) is 15.6. The maximum atomic E-state index is 14.6. The summed E-state index contributed by atoms with van der Waals surface area (Å²) in [7, 11) is 0. The van der Waals surface area contributed by atoms with Gasteiger partial charge in [0.25, 0.3) is 5.56 Å². The molecule has 5 rings (SSSR count). The van der Waals surface area contributed by atoms with Crippen molar-refractivity contribution in [2.24, 2.45) is 0 Å². The van der Waals surface area contributed by atoms with Gasteiger partial charge in [-0.1, -0.05) is 6.92 Å². The molecule has 1 aliphatic heterocycles. The van der Waals surface area contributed by atoms with Crippen molar-refractivity contribution in [3.63, 3.8) is 0 Å². The van der Waals surface area contributed by atoms with Crippen LogP contribution in [0.3, 0.4) is 0 Å². The molecule has 0 aromatic carbocycles. The molecule has 0 radical (unpaired) electrons. The molecule has 1 saturated heterocycles. The molecule has 2 fully saturated rings. The first kappa shape index (κ1) is 16.8. The zero-order chi connectivity index (χ0) is 18.6. The number of piperidine rings is 1. The first-order valence-corrected chi connectivity index (χ1v) is 9.99.